The number of piperazine rings is 1. The first-order valence-corrected chi connectivity index (χ1v) is 11.9. The lowest BCUT2D eigenvalue weighted by atomic mass is 9.83. The first kappa shape index (κ1) is 20.8. The highest BCUT2D eigenvalue weighted by Crippen LogP contribution is 2.31. The number of fused-ring (bicyclic) bond motifs is 4. The van der Waals surface area contributed by atoms with Crippen molar-refractivity contribution in [1.29, 1.82) is 0 Å². The minimum Gasteiger partial charge on any atom is -0.369 e. The largest absolute Gasteiger partial charge is 0.369 e. The summed E-state index contributed by atoms with van der Waals surface area (Å²) < 4.78 is 0. The summed E-state index contributed by atoms with van der Waals surface area (Å²) in [6.07, 6.45) is 1.80. The molecule has 1 aromatic heterocycles. The van der Waals surface area contributed by atoms with Crippen LogP contribution in [0, 0.1) is 0 Å². The molecule has 1 fully saturated rings. The van der Waals surface area contributed by atoms with Crippen LogP contribution in [0.4, 0.5) is 5.69 Å². The molecular weight excluding hydrogens is 424 g/mol. The number of benzene rings is 3. The average molecular weight is 451 g/mol. The van der Waals surface area contributed by atoms with E-state index in [1.54, 1.807) is 30.3 Å². The molecule has 0 unspecified atom stereocenters. The fourth-order valence-corrected chi connectivity index (χ4v) is 5.16. The standard InChI is InChI=1S/C28H26N4O2/c33-27-20-9-4-5-10-21(20)28(34)25-22(27)12-13-23-26(25)30-24(29-23)11-6-14-31-15-17-32(18-16-31)19-7-2-1-3-8-19/h1-5,7-10,12-13H,6,11,14-18H2,(H,29,30). The summed E-state index contributed by atoms with van der Waals surface area (Å²) in [7, 11) is 0. The van der Waals surface area contributed by atoms with Crippen molar-refractivity contribution in [3.8, 4) is 0 Å². The van der Waals surface area contributed by atoms with Crippen LogP contribution in [0.1, 0.15) is 44.1 Å². The predicted molar refractivity (Wildman–Crippen MR) is 133 cm³/mol. The SMILES string of the molecule is O=C1c2ccccc2C(=O)c2c1ccc1[nH]c(CCCN3CCN(c4ccccc4)CC3)nc21. The Kier molecular flexibility index (Phi) is 5.23. The number of hydrogen-bond donors (Lipinski definition) is 1. The fourth-order valence-electron chi connectivity index (χ4n) is 5.16. The smallest absolute Gasteiger partial charge is 0.196 e. The minimum atomic E-state index is -0.120. The lowest BCUT2D eigenvalue weighted by molar-refractivity contribution is 0.0980. The Labute approximate surface area is 198 Å². The number of nitrogens with zero attached hydrogens (tertiary/aromatic N) is 3. The van der Waals surface area contributed by atoms with Crippen LogP contribution in [-0.4, -0.2) is 59.2 Å². The van der Waals surface area contributed by atoms with Gasteiger partial charge in [0.05, 0.1) is 11.1 Å². The van der Waals surface area contributed by atoms with Crippen molar-refractivity contribution in [3.63, 3.8) is 0 Å². The average Bonchev–Trinajstić information content (AvgIpc) is 3.31. The van der Waals surface area contributed by atoms with Gasteiger partial charge in [-0.05, 0) is 37.2 Å². The third kappa shape index (κ3) is 3.60. The molecule has 170 valence electrons. The maximum absolute atomic E-state index is 13.2. The van der Waals surface area contributed by atoms with Gasteiger partial charge in [-0.25, -0.2) is 4.98 Å². The quantitative estimate of drug-likeness (QED) is 0.437. The van der Waals surface area contributed by atoms with Gasteiger partial charge in [-0.1, -0.05) is 42.5 Å². The van der Waals surface area contributed by atoms with Gasteiger partial charge in [0.1, 0.15) is 11.3 Å². The van der Waals surface area contributed by atoms with Crippen molar-refractivity contribution in [3.05, 3.63) is 94.8 Å². The summed E-state index contributed by atoms with van der Waals surface area (Å²) in [5, 5.41) is 0. The Hall–Kier alpha value is -3.77. The molecule has 1 N–H and O–H groups in total. The van der Waals surface area contributed by atoms with Gasteiger partial charge in [0.15, 0.2) is 11.6 Å². The first-order valence-electron chi connectivity index (χ1n) is 11.9. The topological polar surface area (TPSA) is 69.3 Å². The maximum Gasteiger partial charge on any atom is 0.196 e. The minimum absolute atomic E-state index is 0.105. The Morgan fingerprint density at radius 2 is 1.47 bits per heavy atom. The molecule has 6 rings (SSSR count). The van der Waals surface area contributed by atoms with Crippen LogP contribution in [0.25, 0.3) is 11.0 Å². The van der Waals surface area contributed by atoms with E-state index in [0.717, 1.165) is 56.9 Å². The van der Waals surface area contributed by atoms with Crippen molar-refractivity contribution in [2.75, 3.05) is 37.6 Å². The van der Waals surface area contributed by atoms with E-state index in [-0.39, 0.29) is 11.6 Å². The Bertz CT molecular complexity index is 1380. The zero-order valence-corrected chi connectivity index (χ0v) is 19.0. The second-order valence-corrected chi connectivity index (χ2v) is 9.04. The van der Waals surface area contributed by atoms with Crippen molar-refractivity contribution >= 4 is 28.3 Å². The molecule has 0 radical (unpaired) electrons. The second kappa shape index (κ2) is 8.54. The number of anilines is 1. The highest BCUT2D eigenvalue weighted by Gasteiger charge is 2.32. The van der Waals surface area contributed by atoms with Crippen molar-refractivity contribution in [2.45, 2.75) is 12.8 Å². The molecule has 1 aliphatic heterocycles. The Morgan fingerprint density at radius 3 is 2.24 bits per heavy atom. The number of aryl methyl sites for hydroxylation is 1. The number of aromatic nitrogens is 2. The molecule has 0 atom stereocenters. The van der Waals surface area contributed by atoms with E-state index in [0.29, 0.717) is 27.8 Å². The third-order valence-electron chi connectivity index (χ3n) is 6.97. The van der Waals surface area contributed by atoms with Gasteiger partial charge in [0, 0.05) is 55.0 Å². The van der Waals surface area contributed by atoms with Gasteiger partial charge >= 0.3 is 0 Å². The van der Waals surface area contributed by atoms with Gasteiger partial charge < -0.3 is 9.88 Å². The predicted octanol–water partition coefficient (Wildman–Crippen LogP) is 4.09. The molecule has 4 aromatic rings. The van der Waals surface area contributed by atoms with Crippen LogP contribution in [0.15, 0.2) is 66.7 Å². The van der Waals surface area contributed by atoms with Crippen LogP contribution in [0.3, 0.4) is 0 Å². The van der Waals surface area contributed by atoms with E-state index in [9.17, 15) is 9.59 Å². The summed E-state index contributed by atoms with van der Waals surface area (Å²) in [6.45, 7) is 5.20. The van der Waals surface area contributed by atoms with E-state index in [1.165, 1.54) is 5.69 Å². The molecule has 1 aliphatic carbocycles. The van der Waals surface area contributed by atoms with Crippen LogP contribution in [0.5, 0.6) is 0 Å². The molecule has 6 heteroatoms. The fraction of sp³-hybridized carbons (Fsp3) is 0.250. The van der Waals surface area contributed by atoms with E-state index in [1.807, 2.05) is 6.07 Å². The Morgan fingerprint density at radius 1 is 0.765 bits per heavy atom. The third-order valence-corrected chi connectivity index (χ3v) is 6.97. The summed E-state index contributed by atoms with van der Waals surface area (Å²) in [5.41, 5.74) is 4.53. The van der Waals surface area contributed by atoms with E-state index in [4.69, 9.17) is 4.98 Å². The number of carbonyl (C=O) groups is 2. The number of H-pyrrole nitrogens is 1. The van der Waals surface area contributed by atoms with Crippen molar-refractivity contribution in [1.82, 2.24) is 14.9 Å². The molecule has 1 saturated heterocycles. The highest BCUT2D eigenvalue weighted by molar-refractivity contribution is 6.31. The van der Waals surface area contributed by atoms with E-state index in [2.05, 4.69) is 45.1 Å². The van der Waals surface area contributed by atoms with E-state index < -0.39 is 0 Å². The number of para-hydroxylation sites is 1. The molecule has 2 heterocycles. The monoisotopic (exact) mass is 450 g/mol. The zero-order chi connectivity index (χ0) is 23.1. The zero-order valence-electron chi connectivity index (χ0n) is 19.0. The van der Waals surface area contributed by atoms with Crippen LogP contribution >= 0.6 is 0 Å². The van der Waals surface area contributed by atoms with Crippen molar-refractivity contribution in [2.24, 2.45) is 0 Å². The lowest BCUT2D eigenvalue weighted by Crippen LogP contribution is -2.46. The summed E-state index contributed by atoms with van der Waals surface area (Å²) in [6, 6.07) is 21.2. The summed E-state index contributed by atoms with van der Waals surface area (Å²) in [4.78, 5) is 39.3. The van der Waals surface area contributed by atoms with Gasteiger partial charge in [-0.3, -0.25) is 14.5 Å². The summed E-state index contributed by atoms with van der Waals surface area (Å²) in [5.74, 6) is 0.641. The molecule has 6 nitrogen and oxygen atoms in total. The maximum atomic E-state index is 13.2. The number of aromatic amines is 1. The van der Waals surface area contributed by atoms with Gasteiger partial charge in [0.25, 0.3) is 0 Å². The molecule has 2 aliphatic rings. The number of hydrogen-bond acceptors (Lipinski definition) is 5. The van der Waals surface area contributed by atoms with Crippen molar-refractivity contribution < 1.29 is 9.59 Å². The number of imidazole rings is 1. The number of carbonyl (C=O) groups excluding carboxylic acids is 2. The van der Waals surface area contributed by atoms with Gasteiger partial charge in [-0.15, -0.1) is 0 Å². The molecule has 3 aromatic carbocycles. The number of rotatable bonds is 5. The van der Waals surface area contributed by atoms with Gasteiger partial charge in [-0.2, -0.15) is 0 Å². The molecular formula is C28H26N4O2. The normalized spacial score (nSPS) is 16.1. The Balaban J connectivity index is 1.13. The second-order valence-electron chi connectivity index (χ2n) is 9.04. The molecule has 0 saturated carbocycles. The van der Waals surface area contributed by atoms with Crippen LogP contribution < -0.4 is 4.90 Å². The number of nitrogens with one attached hydrogen (secondary N) is 1. The van der Waals surface area contributed by atoms with Crippen LogP contribution in [0.2, 0.25) is 0 Å². The molecule has 0 spiro atoms. The highest BCUT2D eigenvalue weighted by atomic mass is 16.1. The molecule has 0 amide bonds. The number of ketones is 2. The first-order chi connectivity index (χ1) is 16.7. The van der Waals surface area contributed by atoms with E-state index >= 15 is 0 Å². The molecule has 0 bridgehead atoms. The lowest BCUT2D eigenvalue weighted by Gasteiger charge is -2.36. The van der Waals surface area contributed by atoms with Gasteiger partial charge in [0.2, 0.25) is 0 Å². The molecule has 34 heavy (non-hydrogen) atoms. The van der Waals surface area contributed by atoms with Crippen LogP contribution in [-0.2, 0) is 6.42 Å². The summed E-state index contributed by atoms with van der Waals surface area (Å²) >= 11 is 0.